The number of sulfonamides is 1. The van der Waals surface area contributed by atoms with Gasteiger partial charge in [0.15, 0.2) is 0 Å². The van der Waals surface area contributed by atoms with Crippen LogP contribution in [0, 0.1) is 19.8 Å². The molecule has 1 heterocycles. The third kappa shape index (κ3) is 2.68. The predicted molar refractivity (Wildman–Crippen MR) is 78.9 cm³/mol. The van der Waals surface area contributed by atoms with E-state index in [-0.39, 0.29) is 17.4 Å². The van der Waals surface area contributed by atoms with E-state index in [0.29, 0.717) is 24.3 Å². The molecule has 0 bridgehead atoms. The molecule has 112 valence electrons. The molecule has 6 heteroatoms. The summed E-state index contributed by atoms with van der Waals surface area (Å²) in [5, 5.41) is 9.25. The number of aryl methyl sites for hydroxylation is 1. The largest absolute Gasteiger partial charge is 0.398 e. The Kier molecular flexibility index (Phi) is 4.36. The second-order valence-electron chi connectivity index (χ2n) is 5.48. The molecule has 0 spiro atoms. The van der Waals surface area contributed by atoms with Crippen LogP contribution >= 0.6 is 0 Å². The van der Waals surface area contributed by atoms with Gasteiger partial charge < -0.3 is 10.8 Å². The lowest BCUT2D eigenvalue weighted by Gasteiger charge is -2.31. The molecule has 2 rings (SSSR count). The number of benzene rings is 1. The molecule has 5 nitrogen and oxygen atoms in total. The van der Waals surface area contributed by atoms with Gasteiger partial charge >= 0.3 is 0 Å². The first kappa shape index (κ1) is 15.3. The van der Waals surface area contributed by atoms with Crippen molar-refractivity contribution in [3.63, 3.8) is 0 Å². The van der Waals surface area contributed by atoms with Crippen LogP contribution in [0.3, 0.4) is 0 Å². The second-order valence-corrected chi connectivity index (χ2v) is 7.35. The van der Waals surface area contributed by atoms with Crippen molar-refractivity contribution < 1.29 is 13.5 Å². The Labute approximate surface area is 120 Å². The van der Waals surface area contributed by atoms with E-state index in [0.717, 1.165) is 18.4 Å². The zero-order valence-electron chi connectivity index (χ0n) is 12.0. The molecule has 1 unspecified atom stereocenters. The first-order valence-electron chi connectivity index (χ1n) is 6.84. The van der Waals surface area contributed by atoms with E-state index in [1.165, 1.54) is 4.31 Å². The normalized spacial score (nSPS) is 21.1. The number of aliphatic hydroxyl groups is 1. The van der Waals surface area contributed by atoms with Gasteiger partial charge in [-0.15, -0.1) is 0 Å². The van der Waals surface area contributed by atoms with Crippen LogP contribution in [0.15, 0.2) is 17.0 Å². The minimum absolute atomic E-state index is 0.0184. The Hall–Kier alpha value is -1.11. The zero-order chi connectivity index (χ0) is 14.9. The van der Waals surface area contributed by atoms with Gasteiger partial charge in [-0.3, -0.25) is 0 Å². The third-order valence-electron chi connectivity index (χ3n) is 4.04. The number of aliphatic hydroxyl groups excluding tert-OH is 1. The second kappa shape index (κ2) is 5.71. The van der Waals surface area contributed by atoms with Gasteiger partial charge in [0, 0.05) is 19.7 Å². The highest BCUT2D eigenvalue weighted by atomic mass is 32.2. The van der Waals surface area contributed by atoms with E-state index in [2.05, 4.69) is 0 Å². The summed E-state index contributed by atoms with van der Waals surface area (Å²) in [7, 11) is -3.59. The molecule has 1 aromatic rings. The molecule has 3 N–H and O–H groups in total. The highest BCUT2D eigenvalue weighted by Crippen LogP contribution is 2.30. The standard InChI is InChI=1S/C14H22N2O3S/c1-10-5-6-13(15)14(11(10)2)20(18,19)16-7-3-4-12(8-16)9-17/h5-6,12,17H,3-4,7-9,15H2,1-2H3. The van der Waals surface area contributed by atoms with Crippen molar-refractivity contribution in [2.24, 2.45) is 5.92 Å². The van der Waals surface area contributed by atoms with Gasteiger partial charge in [0.25, 0.3) is 0 Å². The van der Waals surface area contributed by atoms with Crippen LogP contribution in [0.5, 0.6) is 0 Å². The van der Waals surface area contributed by atoms with Crippen molar-refractivity contribution in [2.75, 3.05) is 25.4 Å². The molecule has 1 fully saturated rings. The van der Waals surface area contributed by atoms with Crippen LogP contribution in [-0.2, 0) is 10.0 Å². The van der Waals surface area contributed by atoms with E-state index < -0.39 is 10.0 Å². The predicted octanol–water partition coefficient (Wildman–Crippen LogP) is 1.28. The fraction of sp³-hybridized carbons (Fsp3) is 0.571. The van der Waals surface area contributed by atoms with E-state index in [1.807, 2.05) is 13.0 Å². The van der Waals surface area contributed by atoms with Crippen molar-refractivity contribution in [3.8, 4) is 0 Å². The van der Waals surface area contributed by atoms with Crippen LogP contribution in [-0.4, -0.2) is 37.5 Å². The number of nitrogen functional groups attached to an aromatic ring is 1. The summed E-state index contributed by atoms with van der Waals surface area (Å²) < 4.78 is 27.1. The number of nitrogens with two attached hydrogens (primary N) is 1. The SMILES string of the molecule is Cc1ccc(N)c(S(=O)(=O)N2CCCC(CO)C2)c1C. The quantitative estimate of drug-likeness (QED) is 0.823. The maximum atomic E-state index is 12.8. The number of anilines is 1. The lowest BCUT2D eigenvalue weighted by Crippen LogP contribution is -2.41. The molecule has 0 radical (unpaired) electrons. The maximum Gasteiger partial charge on any atom is 0.245 e. The van der Waals surface area contributed by atoms with E-state index in [9.17, 15) is 13.5 Å². The third-order valence-corrected chi connectivity index (χ3v) is 6.11. The van der Waals surface area contributed by atoms with Crippen LogP contribution in [0.2, 0.25) is 0 Å². The van der Waals surface area contributed by atoms with Crippen molar-refractivity contribution in [2.45, 2.75) is 31.6 Å². The average Bonchev–Trinajstić information content (AvgIpc) is 2.43. The topological polar surface area (TPSA) is 83.6 Å². The van der Waals surface area contributed by atoms with Crippen molar-refractivity contribution >= 4 is 15.7 Å². The van der Waals surface area contributed by atoms with Gasteiger partial charge in [0.05, 0.1) is 5.69 Å². The van der Waals surface area contributed by atoms with Gasteiger partial charge in [-0.05, 0) is 49.8 Å². The molecule has 0 saturated carbocycles. The van der Waals surface area contributed by atoms with Gasteiger partial charge in [-0.25, -0.2) is 8.42 Å². The Morgan fingerprint density at radius 3 is 2.75 bits per heavy atom. The number of hydrogen-bond acceptors (Lipinski definition) is 4. The molecule has 1 atom stereocenters. The van der Waals surface area contributed by atoms with Gasteiger partial charge in [-0.1, -0.05) is 6.07 Å². The average molecular weight is 298 g/mol. The summed E-state index contributed by atoms with van der Waals surface area (Å²) in [4.78, 5) is 0.219. The first-order valence-corrected chi connectivity index (χ1v) is 8.28. The summed E-state index contributed by atoms with van der Waals surface area (Å²) in [6.45, 7) is 4.54. The van der Waals surface area contributed by atoms with Gasteiger partial charge in [0.1, 0.15) is 4.90 Å². The fourth-order valence-electron chi connectivity index (χ4n) is 2.68. The molecule has 0 aliphatic carbocycles. The highest BCUT2D eigenvalue weighted by molar-refractivity contribution is 7.89. The number of rotatable bonds is 3. The van der Waals surface area contributed by atoms with Gasteiger partial charge in [0.2, 0.25) is 10.0 Å². The number of hydrogen-bond donors (Lipinski definition) is 2. The highest BCUT2D eigenvalue weighted by Gasteiger charge is 2.32. The molecule has 0 aromatic heterocycles. The minimum Gasteiger partial charge on any atom is -0.398 e. The summed E-state index contributed by atoms with van der Waals surface area (Å²) in [6, 6.07) is 3.47. The minimum atomic E-state index is -3.59. The molecule has 1 aliphatic rings. The Morgan fingerprint density at radius 2 is 2.10 bits per heavy atom. The smallest absolute Gasteiger partial charge is 0.245 e. The Balaban J connectivity index is 2.43. The zero-order valence-corrected chi connectivity index (χ0v) is 12.8. The van der Waals surface area contributed by atoms with E-state index in [1.54, 1.807) is 13.0 Å². The van der Waals surface area contributed by atoms with Crippen LogP contribution in [0.4, 0.5) is 5.69 Å². The summed E-state index contributed by atoms with van der Waals surface area (Å²) in [5.74, 6) is 0.0184. The van der Waals surface area contributed by atoms with Crippen LogP contribution in [0.1, 0.15) is 24.0 Å². The molecular formula is C14H22N2O3S. The fourth-order valence-corrected chi connectivity index (χ4v) is 4.63. The lowest BCUT2D eigenvalue weighted by atomic mass is 10.0. The van der Waals surface area contributed by atoms with Crippen molar-refractivity contribution in [1.29, 1.82) is 0 Å². The van der Waals surface area contributed by atoms with Crippen LogP contribution < -0.4 is 5.73 Å². The molecular weight excluding hydrogens is 276 g/mol. The molecule has 0 amide bonds. The maximum absolute atomic E-state index is 12.8. The number of piperidine rings is 1. The van der Waals surface area contributed by atoms with E-state index >= 15 is 0 Å². The van der Waals surface area contributed by atoms with Crippen molar-refractivity contribution in [1.82, 2.24) is 4.31 Å². The first-order chi connectivity index (χ1) is 9.37. The van der Waals surface area contributed by atoms with Crippen LogP contribution in [0.25, 0.3) is 0 Å². The summed E-state index contributed by atoms with van der Waals surface area (Å²) in [5.41, 5.74) is 7.80. The summed E-state index contributed by atoms with van der Waals surface area (Å²) >= 11 is 0. The monoisotopic (exact) mass is 298 g/mol. The van der Waals surface area contributed by atoms with Crippen molar-refractivity contribution in [3.05, 3.63) is 23.3 Å². The molecule has 1 aliphatic heterocycles. The summed E-state index contributed by atoms with van der Waals surface area (Å²) in [6.07, 6.45) is 1.64. The Morgan fingerprint density at radius 1 is 1.40 bits per heavy atom. The lowest BCUT2D eigenvalue weighted by molar-refractivity contribution is 0.165. The van der Waals surface area contributed by atoms with E-state index in [4.69, 9.17) is 5.73 Å². The molecule has 1 saturated heterocycles. The number of nitrogens with zero attached hydrogens (tertiary/aromatic N) is 1. The molecule has 1 aromatic carbocycles. The van der Waals surface area contributed by atoms with Gasteiger partial charge in [-0.2, -0.15) is 4.31 Å². The molecule has 20 heavy (non-hydrogen) atoms. The Bertz CT molecular complexity index is 599.